The molecule has 0 rings (SSSR count). The van der Waals surface area contributed by atoms with Gasteiger partial charge in [0.15, 0.2) is 5.12 Å². The summed E-state index contributed by atoms with van der Waals surface area (Å²) in [7, 11) is 0. The highest BCUT2D eigenvalue weighted by atomic mass is 32.2. The molecule has 0 fully saturated rings. The predicted molar refractivity (Wildman–Crippen MR) is 82.9 cm³/mol. The van der Waals surface area contributed by atoms with Gasteiger partial charge in [-0.2, -0.15) is 11.8 Å². The topological polar surface area (TPSA) is 17.1 Å². The van der Waals surface area contributed by atoms with Gasteiger partial charge in [-0.25, -0.2) is 0 Å². The maximum absolute atomic E-state index is 11.4. The van der Waals surface area contributed by atoms with Gasteiger partial charge < -0.3 is 0 Å². The molecule has 0 saturated heterocycles. The molecular weight excluding hydrogens is 248 g/mol. The highest BCUT2D eigenvalue weighted by Crippen LogP contribution is 2.40. The van der Waals surface area contributed by atoms with E-state index < -0.39 is 0 Å². The van der Waals surface area contributed by atoms with E-state index in [1.165, 1.54) is 11.8 Å². The molecule has 0 aliphatic rings. The average molecular weight is 277 g/mol. The molecule has 1 unspecified atom stereocenters. The molecule has 0 aliphatic heterocycles. The molecule has 0 aromatic rings. The molecular formula is C14H28OS2. The molecule has 0 spiro atoms. The van der Waals surface area contributed by atoms with Gasteiger partial charge in [0.05, 0.1) is 0 Å². The lowest BCUT2D eigenvalue weighted by Gasteiger charge is -2.35. The minimum Gasteiger partial charge on any atom is -0.288 e. The van der Waals surface area contributed by atoms with Crippen LogP contribution in [0.25, 0.3) is 0 Å². The molecule has 1 nitrogen and oxygen atoms in total. The number of thioether (sulfide) groups is 2. The van der Waals surface area contributed by atoms with E-state index in [-0.39, 0.29) is 9.86 Å². The van der Waals surface area contributed by atoms with Crippen LogP contribution >= 0.6 is 23.5 Å². The molecule has 17 heavy (non-hydrogen) atoms. The molecule has 0 amide bonds. The van der Waals surface area contributed by atoms with Crippen LogP contribution in [0.15, 0.2) is 0 Å². The summed E-state index contributed by atoms with van der Waals surface area (Å²) >= 11 is 3.54. The molecule has 0 saturated carbocycles. The maximum atomic E-state index is 11.4. The van der Waals surface area contributed by atoms with Crippen molar-refractivity contribution in [1.82, 2.24) is 0 Å². The number of rotatable bonds is 5. The fraction of sp³-hybridized carbons (Fsp3) is 0.929. The van der Waals surface area contributed by atoms with E-state index in [0.29, 0.717) is 22.3 Å². The van der Waals surface area contributed by atoms with Crippen LogP contribution in [0.3, 0.4) is 0 Å². The first-order chi connectivity index (χ1) is 7.54. The second kappa shape index (κ2) is 7.08. The number of carbonyl (C=O) groups is 1. The van der Waals surface area contributed by atoms with E-state index in [4.69, 9.17) is 0 Å². The molecule has 3 heteroatoms. The largest absolute Gasteiger partial charge is 0.288 e. The van der Waals surface area contributed by atoms with Gasteiger partial charge in [-0.05, 0) is 11.8 Å². The summed E-state index contributed by atoms with van der Waals surface area (Å²) in [5.41, 5.74) is 0. The monoisotopic (exact) mass is 276 g/mol. The number of hydrogen-bond donors (Lipinski definition) is 0. The van der Waals surface area contributed by atoms with E-state index in [0.717, 1.165) is 0 Å². The van der Waals surface area contributed by atoms with E-state index in [1.807, 2.05) is 11.8 Å². The Kier molecular flexibility index (Phi) is 7.23. The summed E-state index contributed by atoms with van der Waals surface area (Å²) in [4.78, 5) is 11.4. The van der Waals surface area contributed by atoms with Crippen LogP contribution in [0, 0.1) is 11.8 Å². The van der Waals surface area contributed by atoms with Gasteiger partial charge in [-0.1, -0.05) is 60.2 Å². The Labute approximate surface area is 116 Å². The zero-order valence-corrected chi connectivity index (χ0v) is 14.2. The Morgan fingerprint density at radius 1 is 0.941 bits per heavy atom. The Balaban J connectivity index is 4.90. The van der Waals surface area contributed by atoms with Gasteiger partial charge >= 0.3 is 0 Å². The van der Waals surface area contributed by atoms with Crippen molar-refractivity contribution in [3.05, 3.63) is 0 Å². The van der Waals surface area contributed by atoms with Crippen molar-refractivity contribution in [3.63, 3.8) is 0 Å². The summed E-state index contributed by atoms with van der Waals surface area (Å²) in [6.07, 6.45) is 0. The Morgan fingerprint density at radius 2 is 1.35 bits per heavy atom. The summed E-state index contributed by atoms with van der Waals surface area (Å²) in [5.74, 6) is 1.13. The third-order valence-corrected chi connectivity index (χ3v) is 5.86. The van der Waals surface area contributed by atoms with E-state index in [9.17, 15) is 4.79 Å². The van der Waals surface area contributed by atoms with E-state index in [2.05, 4.69) is 48.5 Å². The lowest BCUT2D eigenvalue weighted by Crippen LogP contribution is -2.34. The molecule has 2 atom stereocenters. The van der Waals surface area contributed by atoms with E-state index in [1.54, 1.807) is 6.92 Å². The molecule has 0 bridgehead atoms. The molecule has 0 aromatic carbocycles. The first-order valence-corrected chi connectivity index (χ1v) is 8.15. The second-order valence-electron chi connectivity index (χ2n) is 6.26. The zero-order valence-electron chi connectivity index (χ0n) is 12.5. The fourth-order valence-corrected chi connectivity index (χ4v) is 4.74. The molecule has 102 valence electrons. The zero-order chi connectivity index (χ0) is 13.8. The first-order valence-electron chi connectivity index (χ1n) is 6.39. The highest BCUT2D eigenvalue weighted by Gasteiger charge is 2.32. The van der Waals surface area contributed by atoms with Crippen molar-refractivity contribution in [2.45, 2.75) is 70.6 Å². The Bertz CT molecular complexity index is 241. The van der Waals surface area contributed by atoms with Gasteiger partial charge in [-0.3, -0.25) is 4.79 Å². The molecule has 0 aliphatic carbocycles. The Hall–Kier alpha value is 0.370. The number of carbonyl (C=O) groups excluding carboxylic acids is 1. The molecule has 0 aromatic heterocycles. The third kappa shape index (κ3) is 7.40. The summed E-state index contributed by atoms with van der Waals surface area (Å²) in [6.45, 7) is 17.4. The standard InChI is InChI=1S/C14H28OS2/c1-9(2)12(16-11(5)15)13(10(3)4)17-14(6,7)8/h9-10,12-13H,1-8H3/t12?,13-/m1/s1. The van der Waals surface area contributed by atoms with Crippen molar-refractivity contribution < 1.29 is 4.79 Å². The highest BCUT2D eigenvalue weighted by molar-refractivity contribution is 8.15. The molecule has 0 radical (unpaired) electrons. The van der Waals surface area contributed by atoms with Crippen LogP contribution in [-0.4, -0.2) is 20.4 Å². The van der Waals surface area contributed by atoms with Crippen LogP contribution in [-0.2, 0) is 4.79 Å². The van der Waals surface area contributed by atoms with Crippen molar-refractivity contribution in [2.24, 2.45) is 11.8 Å². The lowest BCUT2D eigenvalue weighted by atomic mass is 9.99. The summed E-state index contributed by atoms with van der Waals surface area (Å²) in [6, 6.07) is 0. The second-order valence-corrected chi connectivity index (χ2v) is 9.62. The minimum atomic E-state index is 0.240. The van der Waals surface area contributed by atoms with Crippen molar-refractivity contribution >= 4 is 28.6 Å². The van der Waals surface area contributed by atoms with Crippen molar-refractivity contribution in [2.75, 3.05) is 0 Å². The number of hydrogen-bond acceptors (Lipinski definition) is 3. The molecule has 0 heterocycles. The first kappa shape index (κ1) is 17.4. The van der Waals surface area contributed by atoms with E-state index >= 15 is 0 Å². The van der Waals surface area contributed by atoms with Crippen molar-refractivity contribution in [1.29, 1.82) is 0 Å². The van der Waals surface area contributed by atoms with Gasteiger partial charge in [0.1, 0.15) is 0 Å². The smallest absolute Gasteiger partial charge is 0.186 e. The average Bonchev–Trinajstić information content (AvgIpc) is 2.08. The van der Waals surface area contributed by atoms with Crippen LogP contribution in [0.2, 0.25) is 0 Å². The van der Waals surface area contributed by atoms with Crippen LogP contribution < -0.4 is 0 Å². The van der Waals surface area contributed by atoms with Crippen LogP contribution in [0.1, 0.15) is 55.4 Å². The van der Waals surface area contributed by atoms with Gasteiger partial charge in [0, 0.05) is 22.2 Å². The van der Waals surface area contributed by atoms with Gasteiger partial charge in [0.25, 0.3) is 0 Å². The molecule has 0 N–H and O–H groups in total. The fourth-order valence-electron chi connectivity index (χ4n) is 1.76. The summed E-state index contributed by atoms with van der Waals surface area (Å²) < 4.78 is 0.249. The predicted octanol–water partition coefficient (Wildman–Crippen LogP) is 4.85. The van der Waals surface area contributed by atoms with Crippen LogP contribution in [0.5, 0.6) is 0 Å². The third-order valence-electron chi connectivity index (χ3n) is 2.43. The quantitative estimate of drug-likeness (QED) is 0.714. The van der Waals surface area contributed by atoms with Crippen LogP contribution in [0.4, 0.5) is 0 Å². The SMILES string of the molecule is CC(=O)SC(C(C)C)[C@H](SC(C)(C)C)C(C)C. The Morgan fingerprint density at radius 3 is 1.59 bits per heavy atom. The van der Waals surface area contributed by atoms with Gasteiger partial charge in [0.2, 0.25) is 0 Å². The van der Waals surface area contributed by atoms with Gasteiger partial charge in [-0.15, -0.1) is 0 Å². The van der Waals surface area contributed by atoms with Crippen molar-refractivity contribution in [3.8, 4) is 0 Å². The normalized spacial score (nSPS) is 16.4. The minimum absolute atomic E-state index is 0.240. The maximum Gasteiger partial charge on any atom is 0.186 e. The lowest BCUT2D eigenvalue weighted by molar-refractivity contribution is -0.109. The summed E-state index contributed by atoms with van der Waals surface area (Å²) in [5, 5.41) is 1.18.